The van der Waals surface area contributed by atoms with E-state index in [4.69, 9.17) is 10.5 Å². The summed E-state index contributed by atoms with van der Waals surface area (Å²) in [6.07, 6.45) is 2.40. The average molecular weight is 228 g/mol. The first kappa shape index (κ1) is 13.5. The molecular formula is C12H24N2O2. The van der Waals surface area contributed by atoms with Crippen LogP contribution in [0.3, 0.4) is 0 Å². The number of nitrogens with one attached hydrogen (secondary N) is 1. The summed E-state index contributed by atoms with van der Waals surface area (Å²) in [6.45, 7) is 6.23. The van der Waals surface area contributed by atoms with E-state index in [0.717, 1.165) is 12.8 Å². The van der Waals surface area contributed by atoms with E-state index in [1.807, 2.05) is 6.92 Å². The minimum atomic E-state index is -0.0265. The lowest BCUT2D eigenvalue weighted by molar-refractivity contribution is -0.133. The third kappa shape index (κ3) is 2.74. The first-order valence-corrected chi connectivity index (χ1v) is 5.99. The molecule has 1 aliphatic rings. The third-order valence-corrected chi connectivity index (χ3v) is 3.77. The van der Waals surface area contributed by atoms with Crippen LogP contribution in [0.1, 0.15) is 40.0 Å². The van der Waals surface area contributed by atoms with Crippen molar-refractivity contribution in [2.45, 2.75) is 58.2 Å². The van der Waals surface area contributed by atoms with Crippen LogP contribution < -0.4 is 11.1 Å². The molecule has 4 nitrogen and oxygen atoms in total. The van der Waals surface area contributed by atoms with Crippen molar-refractivity contribution in [3.05, 3.63) is 0 Å². The molecule has 4 heteroatoms. The van der Waals surface area contributed by atoms with Gasteiger partial charge < -0.3 is 15.8 Å². The largest absolute Gasteiger partial charge is 0.381 e. The second kappa shape index (κ2) is 5.15. The lowest BCUT2D eigenvalue weighted by Crippen LogP contribution is -2.62. The molecule has 1 amide bonds. The molecule has 0 aliphatic heterocycles. The van der Waals surface area contributed by atoms with Gasteiger partial charge in [0.05, 0.1) is 6.10 Å². The van der Waals surface area contributed by atoms with E-state index in [2.05, 4.69) is 19.2 Å². The van der Waals surface area contributed by atoms with Gasteiger partial charge in [0.15, 0.2) is 0 Å². The van der Waals surface area contributed by atoms with E-state index >= 15 is 0 Å². The van der Waals surface area contributed by atoms with Gasteiger partial charge in [0.2, 0.25) is 5.91 Å². The predicted octanol–water partition coefficient (Wildman–Crippen LogP) is 1.04. The smallest absolute Gasteiger partial charge is 0.221 e. The molecule has 1 saturated carbocycles. The van der Waals surface area contributed by atoms with Crippen molar-refractivity contribution in [1.82, 2.24) is 5.32 Å². The fourth-order valence-electron chi connectivity index (χ4n) is 2.17. The monoisotopic (exact) mass is 228 g/mol. The van der Waals surface area contributed by atoms with Crippen LogP contribution in [0.2, 0.25) is 0 Å². The first-order valence-electron chi connectivity index (χ1n) is 5.99. The standard InChI is InChI=1S/C12H24N2O2/c1-5-8(13)6-11(15)14-9-7-10(16-4)12(9,2)3/h8-10H,5-7,13H2,1-4H3,(H,14,15). The molecule has 0 aromatic heterocycles. The maximum absolute atomic E-state index is 11.7. The maximum atomic E-state index is 11.7. The molecule has 3 atom stereocenters. The Hall–Kier alpha value is -0.610. The number of hydrogen-bond donors (Lipinski definition) is 2. The average Bonchev–Trinajstić information content (AvgIpc) is 2.23. The SMILES string of the molecule is CCC(N)CC(=O)NC1CC(OC)C1(C)C. The predicted molar refractivity (Wildman–Crippen MR) is 64.0 cm³/mol. The molecule has 3 unspecified atom stereocenters. The molecule has 3 N–H and O–H groups in total. The van der Waals surface area contributed by atoms with Crippen LogP contribution >= 0.6 is 0 Å². The number of nitrogens with two attached hydrogens (primary N) is 1. The highest BCUT2D eigenvalue weighted by molar-refractivity contribution is 5.77. The van der Waals surface area contributed by atoms with Crippen LogP contribution in [-0.4, -0.2) is 31.2 Å². The van der Waals surface area contributed by atoms with Gasteiger partial charge in [-0.3, -0.25) is 4.79 Å². The van der Waals surface area contributed by atoms with Crippen LogP contribution in [0.4, 0.5) is 0 Å². The van der Waals surface area contributed by atoms with Gasteiger partial charge in [-0.05, 0) is 12.8 Å². The number of amides is 1. The Labute approximate surface area is 97.9 Å². The van der Waals surface area contributed by atoms with Gasteiger partial charge in [-0.25, -0.2) is 0 Å². The summed E-state index contributed by atoms with van der Waals surface area (Å²) in [6, 6.07) is 0.190. The first-order chi connectivity index (χ1) is 7.41. The number of carbonyl (C=O) groups excluding carboxylic acids is 1. The highest BCUT2D eigenvalue weighted by Gasteiger charge is 2.49. The number of carbonyl (C=O) groups is 1. The molecule has 0 heterocycles. The van der Waals surface area contributed by atoms with Crippen molar-refractivity contribution in [1.29, 1.82) is 0 Å². The van der Waals surface area contributed by atoms with Crippen molar-refractivity contribution >= 4 is 5.91 Å². The topological polar surface area (TPSA) is 64.4 Å². The number of hydrogen-bond acceptors (Lipinski definition) is 3. The molecule has 0 radical (unpaired) electrons. The van der Waals surface area contributed by atoms with Gasteiger partial charge in [-0.2, -0.15) is 0 Å². The van der Waals surface area contributed by atoms with E-state index in [9.17, 15) is 4.79 Å². The van der Waals surface area contributed by atoms with E-state index in [1.165, 1.54) is 0 Å². The normalized spacial score (nSPS) is 29.3. The van der Waals surface area contributed by atoms with Gasteiger partial charge in [0, 0.05) is 31.0 Å². The van der Waals surface area contributed by atoms with Gasteiger partial charge >= 0.3 is 0 Å². The zero-order chi connectivity index (χ0) is 12.3. The highest BCUT2D eigenvalue weighted by atomic mass is 16.5. The molecule has 0 saturated heterocycles. The fraction of sp³-hybridized carbons (Fsp3) is 0.917. The van der Waals surface area contributed by atoms with Crippen LogP contribution in [0.15, 0.2) is 0 Å². The number of rotatable bonds is 5. The molecule has 1 fully saturated rings. The third-order valence-electron chi connectivity index (χ3n) is 3.77. The second-order valence-corrected chi connectivity index (χ2v) is 5.27. The van der Waals surface area contributed by atoms with E-state index in [-0.39, 0.29) is 29.5 Å². The molecule has 0 bridgehead atoms. The van der Waals surface area contributed by atoms with Crippen LogP contribution in [0.25, 0.3) is 0 Å². The minimum Gasteiger partial charge on any atom is -0.381 e. The Balaban J connectivity index is 2.37. The van der Waals surface area contributed by atoms with Gasteiger partial charge in [-0.15, -0.1) is 0 Å². The Bertz CT molecular complexity index is 253. The Morgan fingerprint density at radius 1 is 1.62 bits per heavy atom. The van der Waals surface area contributed by atoms with Gasteiger partial charge in [0.1, 0.15) is 0 Å². The maximum Gasteiger partial charge on any atom is 0.221 e. The summed E-state index contributed by atoms with van der Waals surface area (Å²) in [4.78, 5) is 11.7. The van der Waals surface area contributed by atoms with Crippen molar-refractivity contribution in [3.63, 3.8) is 0 Å². The summed E-state index contributed by atoms with van der Waals surface area (Å²) >= 11 is 0. The fourth-order valence-corrected chi connectivity index (χ4v) is 2.17. The summed E-state index contributed by atoms with van der Waals surface area (Å²) in [7, 11) is 1.72. The van der Waals surface area contributed by atoms with Crippen molar-refractivity contribution in [3.8, 4) is 0 Å². The van der Waals surface area contributed by atoms with Gasteiger partial charge in [-0.1, -0.05) is 20.8 Å². The lowest BCUT2D eigenvalue weighted by Gasteiger charge is -2.51. The van der Waals surface area contributed by atoms with E-state index < -0.39 is 0 Å². The number of ether oxygens (including phenoxy) is 1. The van der Waals surface area contributed by atoms with Crippen LogP contribution in [-0.2, 0) is 9.53 Å². The molecule has 16 heavy (non-hydrogen) atoms. The number of methoxy groups -OCH3 is 1. The Kier molecular flexibility index (Phi) is 4.33. The molecule has 1 aliphatic carbocycles. The Morgan fingerprint density at radius 2 is 2.25 bits per heavy atom. The molecular weight excluding hydrogens is 204 g/mol. The van der Waals surface area contributed by atoms with Gasteiger partial charge in [0.25, 0.3) is 0 Å². The summed E-state index contributed by atoms with van der Waals surface area (Å²) in [5.41, 5.74) is 5.77. The second-order valence-electron chi connectivity index (χ2n) is 5.27. The van der Waals surface area contributed by atoms with Crippen LogP contribution in [0.5, 0.6) is 0 Å². The van der Waals surface area contributed by atoms with Crippen molar-refractivity contribution in [2.75, 3.05) is 7.11 Å². The molecule has 0 aromatic carbocycles. The molecule has 94 valence electrons. The zero-order valence-corrected chi connectivity index (χ0v) is 10.7. The Morgan fingerprint density at radius 3 is 2.69 bits per heavy atom. The van der Waals surface area contributed by atoms with Crippen molar-refractivity contribution < 1.29 is 9.53 Å². The summed E-state index contributed by atoms with van der Waals surface area (Å²) < 4.78 is 5.34. The van der Waals surface area contributed by atoms with E-state index in [1.54, 1.807) is 7.11 Å². The minimum absolute atomic E-state index is 0.0265. The summed E-state index contributed by atoms with van der Waals surface area (Å²) in [5, 5.41) is 3.04. The molecule has 0 spiro atoms. The zero-order valence-electron chi connectivity index (χ0n) is 10.7. The van der Waals surface area contributed by atoms with E-state index in [0.29, 0.717) is 6.42 Å². The summed E-state index contributed by atoms with van der Waals surface area (Å²) in [5.74, 6) is 0.0574. The van der Waals surface area contributed by atoms with Crippen LogP contribution in [0, 0.1) is 5.41 Å². The molecule has 1 rings (SSSR count). The van der Waals surface area contributed by atoms with Crippen molar-refractivity contribution in [2.24, 2.45) is 11.1 Å². The quantitative estimate of drug-likeness (QED) is 0.739. The molecule has 0 aromatic rings. The highest BCUT2D eigenvalue weighted by Crippen LogP contribution is 2.42. The lowest BCUT2D eigenvalue weighted by atomic mass is 9.64.